The molecule has 6 rings (SSSR count). The van der Waals surface area contributed by atoms with Crippen molar-refractivity contribution in [3.05, 3.63) is 81.9 Å². The molecule has 38 heavy (non-hydrogen) atoms. The lowest BCUT2D eigenvalue weighted by Gasteiger charge is -2.36. The second-order valence-electron chi connectivity index (χ2n) is 12.6. The number of piperazine rings is 1. The van der Waals surface area contributed by atoms with E-state index in [-0.39, 0.29) is 11.0 Å². The third-order valence-electron chi connectivity index (χ3n) is 8.00. The first-order chi connectivity index (χ1) is 18.1. The fourth-order valence-electron chi connectivity index (χ4n) is 5.79. The molecule has 4 nitrogen and oxygen atoms in total. The number of hydrogen-bond acceptors (Lipinski definition) is 3. The molecule has 0 atom stereocenters. The topological polar surface area (TPSA) is 31.5 Å². The Labute approximate surface area is 231 Å². The zero-order valence-electron chi connectivity index (χ0n) is 23.2. The van der Waals surface area contributed by atoms with Crippen LogP contribution in [0.15, 0.2) is 54.6 Å². The molecule has 2 aliphatic rings. The Morgan fingerprint density at radius 3 is 2.37 bits per heavy atom. The lowest BCUT2D eigenvalue weighted by molar-refractivity contribution is 0.117. The minimum absolute atomic E-state index is 0.104. The highest BCUT2D eigenvalue weighted by molar-refractivity contribution is 6.30. The van der Waals surface area contributed by atoms with E-state index in [2.05, 4.69) is 98.0 Å². The molecule has 2 aliphatic heterocycles. The molecule has 1 saturated heterocycles. The van der Waals surface area contributed by atoms with E-state index in [4.69, 9.17) is 16.3 Å². The van der Waals surface area contributed by atoms with Crippen molar-refractivity contribution in [2.75, 3.05) is 26.2 Å². The highest BCUT2D eigenvalue weighted by atomic mass is 35.5. The first-order valence-corrected chi connectivity index (χ1v) is 14.1. The number of nitrogens with one attached hydrogen (secondary N) is 1. The van der Waals surface area contributed by atoms with Crippen molar-refractivity contribution < 1.29 is 4.74 Å². The maximum absolute atomic E-state index is 6.63. The number of aromatic amines is 1. The number of fused-ring (bicyclic) bond motifs is 5. The molecule has 4 aromatic rings. The van der Waals surface area contributed by atoms with Gasteiger partial charge in [0.05, 0.1) is 5.52 Å². The molecule has 0 bridgehead atoms. The van der Waals surface area contributed by atoms with Crippen LogP contribution in [0.25, 0.3) is 27.9 Å². The van der Waals surface area contributed by atoms with Gasteiger partial charge in [0.1, 0.15) is 11.4 Å². The molecular weight excluding hydrogens is 490 g/mol. The lowest BCUT2D eigenvalue weighted by atomic mass is 9.86. The number of ether oxygens (including phenoxy) is 1. The SMILES string of the molecule is CC1(C)C=Cc2c(c(CN3CCN(Cc4cccc(Cl)c4)CC3)cc3c2[nH]c2ccc(C(C)(C)C)cc23)O1. The van der Waals surface area contributed by atoms with E-state index in [9.17, 15) is 0 Å². The molecule has 0 saturated carbocycles. The summed E-state index contributed by atoms with van der Waals surface area (Å²) in [4.78, 5) is 8.81. The van der Waals surface area contributed by atoms with Crippen LogP contribution in [0, 0.1) is 0 Å². The van der Waals surface area contributed by atoms with Crippen molar-refractivity contribution in [2.24, 2.45) is 0 Å². The summed E-state index contributed by atoms with van der Waals surface area (Å²) < 4.78 is 6.63. The average Bonchev–Trinajstić information content (AvgIpc) is 3.22. The molecule has 198 valence electrons. The summed E-state index contributed by atoms with van der Waals surface area (Å²) >= 11 is 6.21. The molecule has 5 heteroatoms. The largest absolute Gasteiger partial charge is 0.483 e. The number of rotatable bonds is 4. The van der Waals surface area contributed by atoms with Crippen LogP contribution in [-0.2, 0) is 18.5 Å². The second-order valence-corrected chi connectivity index (χ2v) is 13.0. The van der Waals surface area contributed by atoms with Crippen LogP contribution in [0.2, 0.25) is 5.02 Å². The molecule has 1 fully saturated rings. The Morgan fingerprint density at radius 2 is 1.66 bits per heavy atom. The summed E-state index contributed by atoms with van der Waals surface area (Å²) in [7, 11) is 0. The standard InChI is InChI=1S/C33H38ClN3O/c1-32(2,3)24-9-10-29-27(19-24)28-18-23(31-26(30(28)35-29)11-12-33(4,5)38-31)21-37-15-13-36(14-16-37)20-22-7-6-8-25(34)17-22/h6-12,17-19,35H,13-16,20-21H2,1-5H3. The van der Waals surface area contributed by atoms with Crippen molar-refractivity contribution >= 4 is 39.5 Å². The van der Waals surface area contributed by atoms with Gasteiger partial charge in [0.25, 0.3) is 0 Å². The Morgan fingerprint density at radius 1 is 0.921 bits per heavy atom. The number of H-pyrrole nitrogens is 1. The molecule has 0 spiro atoms. The number of halogens is 1. The van der Waals surface area contributed by atoms with Crippen molar-refractivity contribution in [1.82, 2.24) is 14.8 Å². The maximum atomic E-state index is 6.63. The van der Waals surface area contributed by atoms with Crippen LogP contribution < -0.4 is 4.74 Å². The van der Waals surface area contributed by atoms with Gasteiger partial charge in [0, 0.05) is 71.7 Å². The van der Waals surface area contributed by atoms with Crippen molar-refractivity contribution in [3.63, 3.8) is 0 Å². The lowest BCUT2D eigenvalue weighted by Crippen LogP contribution is -2.45. The fraction of sp³-hybridized carbons (Fsp3) is 0.394. The van der Waals surface area contributed by atoms with Gasteiger partial charge in [0.15, 0.2) is 0 Å². The quantitative estimate of drug-likeness (QED) is 0.294. The first-order valence-electron chi connectivity index (χ1n) is 13.7. The predicted octanol–water partition coefficient (Wildman–Crippen LogP) is 7.77. The van der Waals surface area contributed by atoms with Crippen LogP contribution >= 0.6 is 11.6 Å². The molecule has 0 radical (unpaired) electrons. The number of hydrogen-bond donors (Lipinski definition) is 1. The highest BCUT2D eigenvalue weighted by Crippen LogP contribution is 2.42. The van der Waals surface area contributed by atoms with Gasteiger partial charge in [-0.1, -0.05) is 50.6 Å². The number of nitrogens with zero attached hydrogens (tertiary/aromatic N) is 2. The van der Waals surface area contributed by atoms with E-state index >= 15 is 0 Å². The Bertz CT molecular complexity index is 1530. The van der Waals surface area contributed by atoms with Crippen LogP contribution in [0.1, 0.15) is 56.9 Å². The van der Waals surface area contributed by atoms with E-state index in [0.29, 0.717) is 0 Å². The second kappa shape index (κ2) is 9.44. The van der Waals surface area contributed by atoms with E-state index in [1.807, 2.05) is 12.1 Å². The monoisotopic (exact) mass is 527 g/mol. The molecule has 3 aromatic carbocycles. The molecule has 3 heterocycles. The molecule has 0 aliphatic carbocycles. The van der Waals surface area contributed by atoms with Gasteiger partial charge in [-0.3, -0.25) is 9.80 Å². The van der Waals surface area contributed by atoms with Gasteiger partial charge >= 0.3 is 0 Å². The Hall–Kier alpha value is -2.79. The summed E-state index contributed by atoms with van der Waals surface area (Å²) in [5, 5.41) is 3.39. The van der Waals surface area contributed by atoms with Gasteiger partial charge in [-0.2, -0.15) is 0 Å². The minimum atomic E-state index is -0.323. The first kappa shape index (κ1) is 25.5. The van der Waals surface area contributed by atoms with E-state index in [1.165, 1.54) is 44.1 Å². The zero-order chi connectivity index (χ0) is 26.7. The number of benzene rings is 3. The van der Waals surface area contributed by atoms with Crippen LogP contribution in [0.5, 0.6) is 5.75 Å². The summed E-state index contributed by atoms with van der Waals surface area (Å²) in [5.74, 6) is 1.02. The predicted molar refractivity (Wildman–Crippen MR) is 160 cm³/mol. The van der Waals surface area contributed by atoms with E-state index < -0.39 is 0 Å². The van der Waals surface area contributed by atoms with Crippen LogP contribution in [-0.4, -0.2) is 46.6 Å². The highest BCUT2D eigenvalue weighted by Gasteiger charge is 2.28. The van der Waals surface area contributed by atoms with Crippen LogP contribution in [0.3, 0.4) is 0 Å². The average molecular weight is 528 g/mol. The summed E-state index contributed by atoms with van der Waals surface area (Å²) in [5.41, 5.74) is 7.21. The third-order valence-corrected chi connectivity index (χ3v) is 8.23. The minimum Gasteiger partial charge on any atom is -0.483 e. The van der Waals surface area contributed by atoms with Crippen molar-refractivity contribution in [3.8, 4) is 5.75 Å². The molecule has 1 N–H and O–H groups in total. The molecular formula is C33H38ClN3O. The van der Waals surface area contributed by atoms with E-state index in [1.54, 1.807) is 0 Å². The van der Waals surface area contributed by atoms with Crippen molar-refractivity contribution in [2.45, 2.75) is 58.7 Å². The summed E-state index contributed by atoms with van der Waals surface area (Å²) in [6.07, 6.45) is 4.44. The molecule has 1 aromatic heterocycles. The smallest absolute Gasteiger partial charge is 0.134 e. The Balaban J connectivity index is 1.31. The van der Waals surface area contributed by atoms with Gasteiger partial charge in [-0.25, -0.2) is 0 Å². The third kappa shape index (κ3) is 4.98. The Kier molecular flexibility index (Phi) is 6.33. The van der Waals surface area contributed by atoms with Gasteiger partial charge < -0.3 is 9.72 Å². The van der Waals surface area contributed by atoms with Crippen LogP contribution in [0.4, 0.5) is 0 Å². The fourth-order valence-corrected chi connectivity index (χ4v) is 6.00. The van der Waals surface area contributed by atoms with Crippen molar-refractivity contribution in [1.29, 1.82) is 0 Å². The molecule has 0 amide bonds. The normalized spacial score (nSPS) is 18.2. The molecule has 0 unspecified atom stereocenters. The summed E-state index contributed by atoms with van der Waals surface area (Å²) in [6, 6.07) is 17.5. The summed E-state index contributed by atoms with van der Waals surface area (Å²) in [6.45, 7) is 17.1. The maximum Gasteiger partial charge on any atom is 0.134 e. The van der Waals surface area contributed by atoms with Gasteiger partial charge in [-0.15, -0.1) is 0 Å². The van der Waals surface area contributed by atoms with Gasteiger partial charge in [-0.05, 0) is 72.9 Å². The zero-order valence-corrected chi connectivity index (χ0v) is 24.0. The van der Waals surface area contributed by atoms with E-state index in [0.717, 1.165) is 50.0 Å². The number of aromatic nitrogens is 1. The van der Waals surface area contributed by atoms with Gasteiger partial charge in [0.2, 0.25) is 0 Å².